The average molecular weight is 425 g/mol. The quantitative estimate of drug-likeness (QED) is 0.759. The largest absolute Gasteiger partial charge is 0.376 e. The van der Waals surface area contributed by atoms with Crippen LogP contribution in [0, 0.1) is 0 Å². The van der Waals surface area contributed by atoms with Crippen molar-refractivity contribution in [1.82, 2.24) is 24.6 Å². The van der Waals surface area contributed by atoms with E-state index in [1.807, 2.05) is 0 Å². The smallest absolute Gasteiger partial charge is 0.267 e. The van der Waals surface area contributed by atoms with E-state index in [4.69, 9.17) is 4.74 Å². The van der Waals surface area contributed by atoms with Crippen LogP contribution in [0.25, 0.3) is 0 Å². The molecular weight excluding hydrogens is 392 g/mol. The highest BCUT2D eigenvalue weighted by atomic mass is 16.5. The van der Waals surface area contributed by atoms with Crippen LogP contribution in [0.2, 0.25) is 0 Å². The van der Waals surface area contributed by atoms with E-state index in [2.05, 4.69) is 25.3 Å². The molecule has 1 fully saturated rings. The van der Waals surface area contributed by atoms with E-state index in [1.54, 1.807) is 17.1 Å². The Balaban J connectivity index is 1.23. The van der Waals surface area contributed by atoms with Crippen LogP contribution >= 0.6 is 0 Å². The van der Waals surface area contributed by atoms with Gasteiger partial charge in [0.1, 0.15) is 12.1 Å². The third-order valence-corrected chi connectivity index (χ3v) is 6.88. The lowest BCUT2D eigenvalue weighted by Gasteiger charge is -2.36. The van der Waals surface area contributed by atoms with Gasteiger partial charge in [0.15, 0.2) is 0 Å². The van der Waals surface area contributed by atoms with E-state index in [0.717, 1.165) is 56.0 Å². The molecule has 1 N–H and O–H groups in total. The predicted octanol–water partition coefficient (Wildman–Crippen LogP) is 1.95. The molecule has 2 aliphatic heterocycles. The van der Waals surface area contributed by atoms with Crippen molar-refractivity contribution in [2.45, 2.75) is 70.6 Å². The number of ether oxygens (including phenoxy) is 1. The van der Waals surface area contributed by atoms with E-state index < -0.39 is 0 Å². The minimum atomic E-state index is -0.0245. The molecule has 5 rings (SSSR count). The number of nitrogens with zero attached hydrogens (tertiary/aromatic N) is 5. The Bertz CT molecular complexity index is 975. The van der Waals surface area contributed by atoms with Gasteiger partial charge in [-0.05, 0) is 45.1 Å². The predicted molar refractivity (Wildman–Crippen MR) is 118 cm³/mol. The maximum absolute atomic E-state index is 12.5. The molecule has 0 spiro atoms. The van der Waals surface area contributed by atoms with Gasteiger partial charge in [-0.1, -0.05) is 6.42 Å². The molecule has 166 valence electrons. The standard InChI is InChI=1S/C23H32N6O2/c30-22-13-17-15-31-12-8-20(17)27-29(22)11-10-28-9-4-3-5-18(28)14-24-23-19-6-1-2-7-21(19)25-16-26-23/h13,16,18H,1-12,14-15H2,(H,24,25,26). The van der Waals surface area contributed by atoms with Crippen molar-refractivity contribution in [3.05, 3.63) is 45.3 Å². The fourth-order valence-corrected chi connectivity index (χ4v) is 5.11. The number of nitrogens with one attached hydrogen (secondary N) is 1. The third kappa shape index (κ3) is 4.65. The minimum Gasteiger partial charge on any atom is -0.376 e. The first kappa shape index (κ1) is 20.6. The lowest BCUT2D eigenvalue weighted by Crippen LogP contribution is -2.46. The van der Waals surface area contributed by atoms with E-state index in [1.165, 1.54) is 43.4 Å². The van der Waals surface area contributed by atoms with Crippen LogP contribution in [0.15, 0.2) is 17.2 Å². The molecule has 0 aromatic carbocycles. The second-order valence-corrected chi connectivity index (χ2v) is 8.90. The van der Waals surface area contributed by atoms with Crippen molar-refractivity contribution in [1.29, 1.82) is 0 Å². The zero-order valence-electron chi connectivity index (χ0n) is 18.2. The SMILES string of the molecule is O=c1cc2c(nn1CCN1CCCCC1CNc1ncnc3c1CCCC3)CCOC2. The van der Waals surface area contributed by atoms with Gasteiger partial charge in [-0.2, -0.15) is 5.10 Å². The molecule has 3 aliphatic rings. The topological polar surface area (TPSA) is 85.2 Å². The van der Waals surface area contributed by atoms with Crippen LogP contribution < -0.4 is 10.9 Å². The summed E-state index contributed by atoms with van der Waals surface area (Å²) >= 11 is 0. The molecule has 4 heterocycles. The van der Waals surface area contributed by atoms with E-state index in [0.29, 0.717) is 25.8 Å². The highest BCUT2D eigenvalue weighted by Gasteiger charge is 2.24. The summed E-state index contributed by atoms with van der Waals surface area (Å²) in [6.07, 6.45) is 10.7. The number of hydrogen-bond acceptors (Lipinski definition) is 7. The maximum Gasteiger partial charge on any atom is 0.267 e. The fourth-order valence-electron chi connectivity index (χ4n) is 5.11. The molecule has 8 heteroatoms. The van der Waals surface area contributed by atoms with Crippen molar-refractivity contribution >= 4 is 5.82 Å². The molecule has 0 bridgehead atoms. The summed E-state index contributed by atoms with van der Waals surface area (Å²) < 4.78 is 7.09. The van der Waals surface area contributed by atoms with Crippen molar-refractivity contribution in [2.24, 2.45) is 0 Å². The summed E-state index contributed by atoms with van der Waals surface area (Å²) in [7, 11) is 0. The Morgan fingerprint density at radius 2 is 2.00 bits per heavy atom. The number of fused-ring (bicyclic) bond motifs is 2. The zero-order valence-corrected chi connectivity index (χ0v) is 18.2. The first-order valence-electron chi connectivity index (χ1n) is 11.8. The Kier molecular flexibility index (Phi) is 6.27. The van der Waals surface area contributed by atoms with Crippen molar-refractivity contribution in [3.63, 3.8) is 0 Å². The van der Waals surface area contributed by atoms with Crippen LogP contribution in [0.4, 0.5) is 5.82 Å². The Hall–Kier alpha value is -2.32. The second-order valence-electron chi connectivity index (χ2n) is 8.90. The zero-order chi connectivity index (χ0) is 21.0. The van der Waals surface area contributed by atoms with Gasteiger partial charge in [0, 0.05) is 48.4 Å². The summed E-state index contributed by atoms with van der Waals surface area (Å²) in [5.41, 5.74) is 4.46. The molecular formula is C23H32N6O2. The van der Waals surface area contributed by atoms with Crippen molar-refractivity contribution in [3.8, 4) is 0 Å². The highest BCUT2D eigenvalue weighted by molar-refractivity contribution is 5.47. The molecule has 1 unspecified atom stereocenters. The summed E-state index contributed by atoms with van der Waals surface area (Å²) in [5.74, 6) is 1.02. The van der Waals surface area contributed by atoms with Gasteiger partial charge in [-0.3, -0.25) is 9.69 Å². The van der Waals surface area contributed by atoms with Crippen LogP contribution in [0.5, 0.6) is 0 Å². The number of likely N-dealkylation sites (tertiary alicyclic amines) is 1. The normalized spacial score (nSPS) is 21.4. The van der Waals surface area contributed by atoms with Gasteiger partial charge in [0.25, 0.3) is 5.56 Å². The minimum absolute atomic E-state index is 0.0245. The van der Waals surface area contributed by atoms with Crippen LogP contribution in [-0.2, 0) is 37.2 Å². The second kappa shape index (κ2) is 9.44. The number of rotatable bonds is 6. The maximum atomic E-state index is 12.5. The van der Waals surface area contributed by atoms with Crippen molar-refractivity contribution in [2.75, 3.05) is 31.6 Å². The Morgan fingerprint density at radius 1 is 1.06 bits per heavy atom. The Morgan fingerprint density at radius 3 is 2.97 bits per heavy atom. The van der Waals surface area contributed by atoms with Gasteiger partial charge in [-0.15, -0.1) is 0 Å². The van der Waals surface area contributed by atoms with Crippen molar-refractivity contribution < 1.29 is 4.74 Å². The van der Waals surface area contributed by atoms with Crippen LogP contribution in [0.1, 0.15) is 54.6 Å². The van der Waals surface area contributed by atoms with E-state index >= 15 is 0 Å². The molecule has 0 amide bonds. The first-order valence-corrected chi connectivity index (χ1v) is 11.8. The molecule has 1 aliphatic carbocycles. The first-order chi connectivity index (χ1) is 15.3. The van der Waals surface area contributed by atoms with Gasteiger partial charge in [0.05, 0.1) is 25.5 Å². The lowest BCUT2D eigenvalue weighted by molar-refractivity contribution is 0.107. The summed E-state index contributed by atoms with van der Waals surface area (Å²) in [4.78, 5) is 24.0. The molecule has 0 radical (unpaired) electrons. The molecule has 2 aromatic rings. The molecule has 0 saturated carbocycles. The van der Waals surface area contributed by atoms with Gasteiger partial charge in [0.2, 0.25) is 0 Å². The number of hydrogen-bond donors (Lipinski definition) is 1. The summed E-state index contributed by atoms with van der Waals surface area (Å²) in [6.45, 7) is 4.62. The number of aromatic nitrogens is 4. The molecule has 2 aromatic heterocycles. The number of anilines is 1. The summed E-state index contributed by atoms with van der Waals surface area (Å²) in [5, 5.41) is 8.26. The van der Waals surface area contributed by atoms with Gasteiger partial charge < -0.3 is 10.1 Å². The van der Waals surface area contributed by atoms with E-state index in [-0.39, 0.29) is 5.56 Å². The molecule has 1 atom stereocenters. The monoisotopic (exact) mass is 424 g/mol. The third-order valence-electron chi connectivity index (χ3n) is 6.88. The number of aryl methyl sites for hydroxylation is 1. The molecule has 1 saturated heterocycles. The molecule has 31 heavy (non-hydrogen) atoms. The fraction of sp³-hybridized carbons (Fsp3) is 0.652. The van der Waals surface area contributed by atoms with Crippen LogP contribution in [-0.4, -0.2) is 56.9 Å². The average Bonchev–Trinajstić information content (AvgIpc) is 2.82. The lowest BCUT2D eigenvalue weighted by atomic mass is 9.96. The highest BCUT2D eigenvalue weighted by Crippen LogP contribution is 2.25. The van der Waals surface area contributed by atoms with Gasteiger partial charge >= 0.3 is 0 Å². The number of piperidine rings is 1. The summed E-state index contributed by atoms with van der Waals surface area (Å²) in [6, 6.07) is 2.15. The van der Waals surface area contributed by atoms with Gasteiger partial charge in [-0.25, -0.2) is 14.6 Å². The Labute approximate surface area is 183 Å². The molecule has 8 nitrogen and oxygen atoms in total. The van der Waals surface area contributed by atoms with E-state index in [9.17, 15) is 4.79 Å². The van der Waals surface area contributed by atoms with Crippen LogP contribution in [0.3, 0.4) is 0 Å².